The Kier molecular flexibility index (Phi) is 9.48. The molecule has 0 spiro atoms. The zero-order valence-corrected chi connectivity index (χ0v) is 34.3. The molecule has 0 N–H and O–H groups in total. The van der Waals surface area contributed by atoms with Crippen LogP contribution in [0.3, 0.4) is 0 Å². The molecule has 0 fully saturated rings. The lowest BCUT2D eigenvalue weighted by molar-refractivity contribution is 0.768. The van der Waals surface area contributed by atoms with Gasteiger partial charge in [-0.3, -0.25) is 0 Å². The van der Waals surface area contributed by atoms with Crippen LogP contribution in [0, 0.1) is 0 Å². The average molecular weight is 790 g/mol. The van der Waals surface area contributed by atoms with Gasteiger partial charge in [0.25, 0.3) is 0 Å². The van der Waals surface area contributed by atoms with Crippen LogP contribution in [0.4, 0.5) is 17.1 Å². The van der Waals surface area contributed by atoms with E-state index in [1.165, 1.54) is 77.9 Å². The van der Waals surface area contributed by atoms with Crippen LogP contribution in [0.1, 0.15) is 22.3 Å². The molecule has 1 heteroatoms. The normalized spacial score (nSPS) is 12.3. The van der Waals surface area contributed by atoms with E-state index in [2.05, 4.69) is 266 Å². The molecule has 0 saturated heterocycles. The Labute approximate surface area is 364 Å². The first kappa shape index (κ1) is 37.0. The molecule has 10 aromatic rings. The van der Waals surface area contributed by atoms with Crippen molar-refractivity contribution in [3.05, 3.63) is 283 Å². The summed E-state index contributed by atoms with van der Waals surface area (Å²) in [6, 6.07) is 95.1. The Morgan fingerprint density at radius 3 is 1.10 bits per heavy atom. The highest BCUT2D eigenvalue weighted by Crippen LogP contribution is 2.56. The van der Waals surface area contributed by atoms with E-state index in [-0.39, 0.29) is 0 Å². The minimum absolute atomic E-state index is 0.500. The van der Waals surface area contributed by atoms with Gasteiger partial charge < -0.3 is 4.90 Å². The Balaban J connectivity index is 1.03. The summed E-state index contributed by atoms with van der Waals surface area (Å²) in [6.07, 6.45) is 0. The molecule has 0 aromatic heterocycles. The molecule has 1 aliphatic carbocycles. The second-order valence-electron chi connectivity index (χ2n) is 16.1. The van der Waals surface area contributed by atoms with Crippen molar-refractivity contribution in [3.63, 3.8) is 0 Å². The third-order valence-corrected chi connectivity index (χ3v) is 12.6. The highest BCUT2D eigenvalue weighted by Gasteiger charge is 2.46. The first-order valence-electron chi connectivity index (χ1n) is 21.4. The lowest BCUT2D eigenvalue weighted by Gasteiger charge is -2.35. The van der Waals surface area contributed by atoms with E-state index in [1.807, 2.05) is 0 Å². The van der Waals surface area contributed by atoms with Crippen molar-refractivity contribution in [2.75, 3.05) is 4.90 Å². The maximum atomic E-state index is 2.42. The molecule has 0 bridgehead atoms. The summed E-state index contributed by atoms with van der Waals surface area (Å²) in [5.74, 6) is 0. The molecule has 0 atom stereocenters. The first-order chi connectivity index (χ1) is 30.7. The Hall–Kier alpha value is -8.00. The van der Waals surface area contributed by atoms with Gasteiger partial charge in [-0.05, 0) is 120 Å². The van der Waals surface area contributed by atoms with Gasteiger partial charge in [-0.25, -0.2) is 0 Å². The van der Waals surface area contributed by atoms with Crippen molar-refractivity contribution in [2.45, 2.75) is 5.41 Å². The molecule has 0 radical (unpaired) electrons. The molecule has 0 heterocycles. The van der Waals surface area contributed by atoms with Crippen molar-refractivity contribution in [1.82, 2.24) is 0 Å². The number of hydrogen-bond acceptors (Lipinski definition) is 1. The molecule has 0 saturated carbocycles. The first-order valence-corrected chi connectivity index (χ1v) is 21.4. The number of hydrogen-bond donors (Lipinski definition) is 0. The summed E-state index contributed by atoms with van der Waals surface area (Å²) in [4.78, 5) is 2.40. The van der Waals surface area contributed by atoms with Gasteiger partial charge in [0.2, 0.25) is 0 Å². The summed E-state index contributed by atoms with van der Waals surface area (Å²) >= 11 is 0. The van der Waals surface area contributed by atoms with Crippen LogP contribution in [0.2, 0.25) is 0 Å². The molecule has 1 nitrogen and oxygen atoms in total. The van der Waals surface area contributed by atoms with Crippen molar-refractivity contribution in [1.29, 1.82) is 0 Å². The van der Waals surface area contributed by atoms with Gasteiger partial charge in [-0.15, -0.1) is 0 Å². The molecule has 1 aliphatic rings. The zero-order chi connectivity index (χ0) is 41.3. The van der Waals surface area contributed by atoms with Crippen LogP contribution in [-0.4, -0.2) is 0 Å². The van der Waals surface area contributed by atoms with Gasteiger partial charge in [0.15, 0.2) is 0 Å². The molecule has 0 unspecified atom stereocenters. The van der Waals surface area contributed by atoms with Crippen LogP contribution < -0.4 is 4.90 Å². The van der Waals surface area contributed by atoms with E-state index in [0.29, 0.717) is 0 Å². The highest BCUT2D eigenvalue weighted by atomic mass is 15.1. The third kappa shape index (κ3) is 6.52. The second kappa shape index (κ2) is 15.9. The van der Waals surface area contributed by atoms with E-state index in [9.17, 15) is 0 Å². The second-order valence-corrected chi connectivity index (χ2v) is 16.1. The van der Waals surface area contributed by atoms with Gasteiger partial charge in [-0.1, -0.05) is 218 Å². The summed E-state index contributed by atoms with van der Waals surface area (Å²) in [5.41, 5.74) is 20.0. The third-order valence-electron chi connectivity index (χ3n) is 12.6. The number of nitrogens with zero attached hydrogens (tertiary/aromatic N) is 1. The maximum absolute atomic E-state index is 2.42. The topological polar surface area (TPSA) is 3.24 Å². The lowest BCUT2D eigenvalue weighted by Crippen LogP contribution is -2.28. The Morgan fingerprint density at radius 2 is 0.581 bits per heavy atom. The fourth-order valence-electron chi connectivity index (χ4n) is 9.64. The van der Waals surface area contributed by atoms with Crippen molar-refractivity contribution in [3.8, 4) is 55.6 Å². The molecular formula is C61H43N. The number of fused-ring (bicyclic) bond motifs is 3. The Bertz CT molecular complexity index is 3090. The maximum Gasteiger partial charge on any atom is 0.0714 e. The molecular weight excluding hydrogens is 747 g/mol. The number of benzene rings is 10. The van der Waals surface area contributed by atoms with Crippen LogP contribution in [0.25, 0.3) is 55.6 Å². The number of anilines is 3. The average Bonchev–Trinajstić information content (AvgIpc) is 3.67. The van der Waals surface area contributed by atoms with E-state index >= 15 is 0 Å². The van der Waals surface area contributed by atoms with E-state index in [0.717, 1.165) is 17.1 Å². The van der Waals surface area contributed by atoms with Gasteiger partial charge in [0, 0.05) is 17.1 Å². The Morgan fingerprint density at radius 1 is 0.226 bits per heavy atom. The molecule has 0 amide bonds. The SMILES string of the molecule is c1ccc(-c2ccc(-c3ccc(N(c4ccc(-c5cccc(-c6ccccc6)c5)cc4)c4cccc(C5(c6ccccc6)c6ccccc6-c6ccccc65)c4)cc3)cc2)cc1. The minimum Gasteiger partial charge on any atom is -0.310 e. The standard InChI is InChI=1S/C61H43N/c1-4-16-44(17-5-1)46-30-32-47(33-31-46)48-34-38-54(39-35-48)62(55-40-36-49(37-41-55)51-21-14-20-50(42-51)45-18-6-2-7-19-45)56-25-15-24-53(43-56)61(52-22-8-3-9-23-52)59-28-12-10-26-57(59)58-27-11-13-29-60(58)61/h1-43H. The quantitative estimate of drug-likeness (QED) is 0.141. The van der Waals surface area contributed by atoms with Gasteiger partial charge >= 0.3 is 0 Å². The highest BCUT2D eigenvalue weighted by molar-refractivity contribution is 5.88. The summed E-state index contributed by atoms with van der Waals surface area (Å²) < 4.78 is 0. The van der Waals surface area contributed by atoms with Crippen molar-refractivity contribution < 1.29 is 0 Å². The predicted molar refractivity (Wildman–Crippen MR) is 260 cm³/mol. The largest absolute Gasteiger partial charge is 0.310 e. The van der Waals surface area contributed by atoms with Crippen LogP contribution in [0.15, 0.2) is 261 Å². The van der Waals surface area contributed by atoms with Gasteiger partial charge in [0.1, 0.15) is 0 Å². The van der Waals surface area contributed by atoms with Crippen molar-refractivity contribution in [2.24, 2.45) is 0 Å². The monoisotopic (exact) mass is 789 g/mol. The van der Waals surface area contributed by atoms with Gasteiger partial charge in [-0.2, -0.15) is 0 Å². The van der Waals surface area contributed by atoms with Crippen LogP contribution in [-0.2, 0) is 5.41 Å². The molecule has 11 rings (SSSR count). The fraction of sp³-hybridized carbons (Fsp3) is 0.0164. The van der Waals surface area contributed by atoms with Crippen molar-refractivity contribution >= 4 is 17.1 Å². The zero-order valence-electron chi connectivity index (χ0n) is 34.3. The van der Waals surface area contributed by atoms with Gasteiger partial charge in [0.05, 0.1) is 5.41 Å². The van der Waals surface area contributed by atoms with Crippen LogP contribution in [0.5, 0.6) is 0 Å². The summed E-state index contributed by atoms with van der Waals surface area (Å²) in [5, 5.41) is 0. The van der Waals surface area contributed by atoms with E-state index in [1.54, 1.807) is 0 Å². The molecule has 0 aliphatic heterocycles. The minimum atomic E-state index is -0.500. The molecule has 62 heavy (non-hydrogen) atoms. The number of rotatable bonds is 9. The molecule has 10 aromatic carbocycles. The van der Waals surface area contributed by atoms with E-state index in [4.69, 9.17) is 0 Å². The predicted octanol–water partition coefficient (Wildman–Crippen LogP) is 16.2. The smallest absolute Gasteiger partial charge is 0.0714 e. The summed E-state index contributed by atoms with van der Waals surface area (Å²) in [6.45, 7) is 0. The fourth-order valence-corrected chi connectivity index (χ4v) is 9.64. The molecule has 292 valence electrons. The van der Waals surface area contributed by atoms with Crippen LogP contribution >= 0.6 is 0 Å². The van der Waals surface area contributed by atoms with E-state index < -0.39 is 5.41 Å². The summed E-state index contributed by atoms with van der Waals surface area (Å²) in [7, 11) is 0. The lowest BCUT2D eigenvalue weighted by atomic mass is 9.67.